The molecule has 2 aliphatic rings. The standard InChI is InChI=1S/C16H26N2OS/c1-11-7-9-16(19-3,10-8-11)15-18-14-12(17-2)5-4-6-13(14)20-15/h11-12,17H,4-10H2,1-3H3. The van der Waals surface area contributed by atoms with Crippen molar-refractivity contribution >= 4 is 11.3 Å². The van der Waals surface area contributed by atoms with Gasteiger partial charge in [0.25, 0.3) is 0 Å². The van der Waals surface area contributed by atoms with E-state index < -0.39 is 0 Å². The fraction of sp³-hybridized carbons (Fsp3) is 0.812. The third-order valence-corrected chi connectivity index (χ3v) is 6.48. The topological polar surface area (TPSA) is 34.1 Å². The van der Waals surface area contributed by atoms with Crippen molar-refractivity contribution in [1.82, 2.24) is 10.3 Å². The smallest absolute Gasteiger partial charge is 0.125 e. The molecular weight excluding hydrogens is 268 g/mol. The molecule has 1 heterocycles. The summed E-state index contributed by atoms with van der Waals surface area (Å²) in [5.41, 5.74) is 1.20. The molecule has 112 valence electrons. The van der Waals surface area contributed by atoms with Crippen LogP contribution in [0.1, 0.15) is 67.1 Å². The highest BCUT2D eigenvalue weighted by molar-refractivity contribution is 7.11. The first-order valence-corrected chi connectivity index (χ1v) is 8.72. The average Bonchev–Trinajstić information content (AvgIpc) is 2.93. The molecule has 4 heteroatoms. The van der Waals surface area contributed by atoms with Gasteiger partial charge in [0.1, 0.15) is 10.6 Å². The van der Waals surface area contributed by atoms with Gasteiger partial charge in [-0.3, -0.25) is 0 Å². The number of hydrogen-bond acceptors (Lipinski definition) is 4. The highest BCUT2D eigenvalue weighted by Crippen LogP contribution is 2.45. The third-order valence-electron chi connectivity index (χ3n) is 5.17. The van der Waals surface area contributed by atoms with Gasteiger partial charge in [0.05, 0.1) is 11.7 Å². The molecule has 0 aliphatic heterocycles. The Bertz CT molecular complexity index is 463. The Hall–Kier alpha value is -0.450. The van der Waals surface area contributed by atoms with E-state index in [0.717, 1.165) is 18.8 Å². The van der Waals surface area contributed by atoms with E-state index in [1.165, 1.54) is 47.7 Å². The summed E-state index contributed by atoms with van der Waals surface area (Å²) in [6.45, 7) is 2.35. The summed E-state index contributed by atoms with van der Waals surface area (Å²) < 4.78 is 5.99. The van der Waals surface area contributed by atoms with Gasteiger partial charge in [-0.05, 0) is 57.9 Å². The van der Waals surface area contributed by atoms with Gasteiger partial charge in [-0.2, -0.15) is 0 Å². The maximum atomic E-state index is 5.99. The normalized spacial score (nSPS) is 34.0. The SMILES string of the molecule is CNC1CCCc2sc(C3(OC)CCC(C)CC3)nc21. The second kappa shape index (κ2) is 5.74. The summed E-state index contributed by atoms with van der Waals surface area (Å²) in [6.07, 6.45) is 8.45. The summed E-state index contributed by atoms with van der Waals surface area (Å²) in [5.74, 6) is 0.831. The molecule has 0 spiro atoms. The van der Waals surface area contributed by atoms with Crippen molar-refractivity contribution in [3.8, 4) is 0 Å². The Morgan fingerprint density at radius 1 is 1.30 bits per heavy atom. The van der Waals surface area contributed by atoms with E-state index in [4.69, 9.17) is 9.72 Å². The molecule has 0 saturated heterocycles. The maximum absolute atomic E-state index is 5.99. The largest absolute Gasteiger partial charge is 0.371 e. The fourth-order valence-electron chi connectivity index (χ4n) is 3.63. The van der Waals surface area contributed by atoms with E-state index in [1.54, 1.807) is 0 Å². The van der Waals surface area contributed by atoms with Crippen molar-refractivity contribution in [2.45, 2.75) is 63.5 Å². The summed E-state index contributed by atoms with van der Waals surface area (Å²) in [4.78, 5) is 6.51. The maximum Gasteiger partial charge on any atom is 0.125 e. The summed E-state index contributed by atoms with van der Waals surface area (Å²) in [5, 5.41) is 4.65. The summed E-state index contributed by atoms with van der Waals surface area (Å²) in [6, 6.07) is 0.445. The Kier molecular flexibility index (Phi) is 4.16. The van der Waals surface area contributed by atoms with E-state index in [9.17, 15) is 0 Å². The predicted octanol–water partition coefficient (Wildman–Crippen LogP) is 3.79. The third kappa shape index (κ3) is 2.42. The number of ether oxygens (including phenoxy) is 1. The second-order valence-corrected chi connectivity index (χ2v) is 7.53. The minimum Gasteiger partial charge on any atom is -0.371 e. The van der Waals surface area contributed by atoms with Crippen LogP contribution >= 0.6 is 11.3 Å². The Morgan fingerprint density at radius 3 is 2.70 bits per heavy atom. The molecule has 0 aromatic carbocycles. The number of aryl methyl sites for hydroxylation is 1. The van der Waals surface area contributed by atoms with Crippen molar-refractivity contribution in [1.29, 1.82) is 0 Å². The highest BCUT2D eigenvalue weighted by atomic mass is 32.1. The van der Waals surface area contributed by atoms with Crippen molar-refractivity contribution in [3.63, 3.8) is 0 Å². The monoisotopic (exact) mass is 294 g/mol. The highest BCUT2D eigenvalue weighted by Gasteiger charge is 2.40. The van der Waals surface area contributed by atoms with Crippen LogP contribution in [0.4, 0.5) is 0 Å². The van der Waals surface area contributed by atoms with Gasteiger partial charge in [0, 0.05) is 12.0 Å². The molecule has 20 heavy (non-hydrogen) atoms. The van der Waals surface area contributed by atoms with Crippen molar-refractivity contribution < 1.29 is 4.74 Å². The molecule has 0 radical (unpaired) electrons. The molecule has 3 rings (SSSR count). The zero-order chi connectivity index (χ0) is 14.2. The molecule has 1 aromatic rings. The van der Waals surface area contributed by atoms with Gasteiger partial charge < -0.3 is 10.1 Å². The van der Waals surface area contributed by atoms with Crippen LogP contribution in [-0.4, -0.2) is 19.1 Å². The van der Waals surface area contributed by atoms with Crippen LogP contribution in [0.5, 0.6) is 0 Å². The number of aromatic nitrogens is 1. The average molecular weight is 294 g/mol. The van der Waals surface area contributed by atoms with Crippen LogP contribution < -0.4 is 5.32 Å². The Labute approximate surface area is 126 Å². The first-order chi connectivity index (χ1) is 9.68. The van der Waals surface area contributed by atoms with E-state index in [2.05, 4.69) is 12.2 Å². The molecule has 2 aliphatic carbocycles. The molecule has 1 N–H and O–H groups in total. The lowest BCUT2D eigenvalue weighted by Gasteiger charge is -2.36. The Morgan fingerprint density at radius 2 is 2.05 bits per heavy atom. The van der Waals surface area contributed by atoms with Crippen LogP contribution in [0.3, 0.4) is 0 Å². The van der Waals surface area contributed by atoms with Crippen LogP contribution in [0, 0.1) is 5.92 Å². The number of nitrogens with one attached hydrogen (secondary N) is 1. The van der Waals surface area contributed by atoms with Gasteiger partial charge in [-0.25, -0.2) is 4.98 Å². The first kappa shape index (κ1) is 14.5. The molecule has 1 aromatic heterocycles. The molecule has 1 unspecified atom stereocenters. The molecule has 0 bridgehead atoms. The van der Waals surface area contributed by atoms with Crippen LogP contribution in [0.15, 0.2) is 0 Å². The molecule has 1 atom stereocenters. The molecule has 1 fully saturated rings. The van der Waals surface area contributed by atoms with E-state index >= 15 is 0 Å². The summed E-state index contributed by atoms with van der Waals surface area (Å²) in [7, 11) is 3.92. The molecule has 3 nitrogen and oxygen atoms in total. The van der Waals surface area contributed by atoms with Gasteiger partial charge in [-0.15, -0.1) is 11.3 Å². The van der Waals surface area contributed by atoms with Crippen molar-refractivity contribution in [2.75, 3.05) is 14.2 Å². The summed E-state index contributed by atoms with van der Waals surface area (Å²) >= 11 is 1.91. The molecular formula is C16H26N2OS. The minimum absolute atomic E-state index is 0.104. The van der Waals surface area contributed by atoms with Crippen LogP contribution in [-0.2, 0) is 16.8 Å². The second-order valence-electron chi connectivity index (χ2n) is 6.44. The lowest BCUT2D eigenvalue weighted by Crippen LogP contribution is -2.33. The van der Waals surface area contributed by atoms with Gasteiger partial charge in [-0.1, -0.05) is 6.92 Å². The zero-order valence-electron chi connectivity index (χ0n) is 12.9. The number of methoxy groups -OCH3 is 1. The minimum atomic E-state index is -0.104. The lowest BCUT2D eigenvalue weighted by atomic mass is 9.80. The van der Waals surface area contributed by atoms with E-state index in [0.29, 0.717) is 6.04 Å². The van der Waals surface area contributed by atoms with Gasteiger partial charge in [0.15, 0.2) is 0 Å². The fourth-order valence-corrected chi connectivity index (χ4v) is 5.02. The van der Waals surface area contributed by atoms with E-state index in [-0.39, 0.29) is 5.60 Å². The lowest BCUT2D eigenvalue weighted by molar-refractivity contribution is -0.0532. The number of thiazole rings is 1. The van der Waals surface area contributed by atoms with Crippen molar-refractivity contribution in [3.05, 3.63) is 15.6 Å². The zero-order valence-corrected chi connectivity index (χ0v) is 13.7. The number of rotatable bonds is 3. The van der Waals surface area contributed by atoms with Gasteiger partial charge in [0.2, 0.25) is 0 Å². The number of nitrogens with zero attached hydrogens (tertiary/aromatic N) is 1. The van der Waals surface area contributed by atoms with Crippen LogP contribution in [0.2, 0.25) is 0 Å². The number of hydrogen-bond donors (Lipinski definition) is 1. The Balaban J connectivity index is 1.91. The number of fused-ring (bicyclic) bond motifs is 1. The van der Waals surface area contributed by atoms with Gasteiger partial charge >= 0.3 is 0 Å². The first-order valence-electron chi connectivity index (χ1n) is 7.91. The van der Waals surface area contributed by atoms with Crippen molar-refractivity contribution in [2.24, 2.45) is 5.92 Å². The van der Waals surface area contributed by atoms with E-state index in [1.807, 2.05) is 25.5 Å². The predicted molar refractivity (Wildman–Crippen MR) is 83.2 cm³/mol. The molecule has 1 saturated carbocycles. The van der Waals surface area contributed by atoms with Crippen LogP contribution in [0.25, 0.3) is 0 Å². The molecule has 0 amide bonds. The quantitative estimate of drug-likeness (QED) is 0.921.